The standard InChI is InChI=1S/C55H67NO15Si/c1-11-72(12-2,13-3)71-39-29-40-54(31-65-40,70-34(6)58)45-47(69-49(61)37-27-21-16-22-28-37)55(63)30-38(32(4)41(52(55,7)8)43(66-33(5)57)46(59)53(39,45)9)67-50(62)44-42(35-23-17-14-18-24-35)56(51(64-10)68-44)48(60)36-25-19-15-20-26-36/h14-28,38-40,42-45,47,51,63H,11-13,29-31H2,1-10H3/t38-,39-,40+,42?,43+,44+,45-,47-,51?,53+,54-,55+/m0/s1. The Bertz CT molecular complexity index is 2580. The molecule has 2 aliphatic heterocycles. The van der Waals surface area contributed by atoms with Crippen molar-refractivity contribution >= 4 is 43.9 Å². The minimum atomic E-state index is -2.64. The highest BCUT2D eigenvalue weighted by Crippen LogP contribution is 2.65. The maximum atomic E-state index is 16.5. The third kappa shape index (κ3) is 8.62. The van der Waals surface area contributed by atoms with E-state index in [4.69, 9.17) is 37.6 Å². The minimum Gasteiger partial charge on any atom is -0.456 e. The van der Waals surface area contributed by atoms with Crippen molar-refractivity contribution in [3.8, 4) is 0 Å². The topological polar surface area (TPSA) is 200 Å². The Balaban J connectivity index is 1.34. The van der Waals surface area contributed by atoms with Crippen molar-refractivity contribution in [1.29, 1.82) is 0 Å². The van der Waals surface area contributed by atoms with E-state index in [9.17, 15) is 24.3 Å². The van der Waals surface area contributed by atoms with Crippen molar-refractivity contribution in [2.75, 3.05) is 13.7 Å². The van der Waals surface area contributed by atoms with E-state index in [2.05, 4.69) is 20.8 Å². The molecule has 2 bridgehead atoms. The van der Waals surface area contributed by atoms with Gasteiger partial charge in [0.2, 0.25) is 6.41 Å². The predicted octanol–water partition coefficient (Wildman–Crippen LogP) is 7.45. The van der Waals surface area contributed by atoms with Crippen molar-refractivity contribution in [2.45, 2.75) is 154 Å². The molecule has 3 aromatic rings. The first kappa shape index (κ1) is 52.8. The summed E-state index contributed by atoms with van der Waals surface area (Å²) in [6, 6.07) is 26.4. The highest BCUT2D eigenvalue weighted by atomic mass is 28.4. The summed E-state index contributed by atoms with van der Waals surface area (Å²) in [5.41, 5.74) is -6.09. The van der Waals surface area contributed by atoms with Gasteiger partial charge >= 0.3 is 23.9 Å². The van der Waals surface area contributed by atoms with E-state index in [0.717, 1.165) is 0 Å². The highest BCUT2D eigenvalue weighted by molar-refractivity contribution is 6.73. The van der Waals surface area contributed by atoms with Gasteiger partial charge in [-0.25, -0.2) is 9.59 Å². The number of nitrogens with zero attached hydrogens (tertiary/aromatic N) is 1. The molecule has 1 N–H and O–H groups in total. The zero-order chi connectivity index (χ0) is 52.1. The summed E-state index contributed by atoms with van der Waals surface area (Å²) in [7, 11) is -1.29. The predicted molar refractivity (Wildman–Crippen MR) is 262 cm³/mol. The third-order valence-corrected chi connectivity index (χ3v) is 21.3. The second-order valence-corrected chi connectivity index (χ2v) is 25.3. The van der Waals surface area contributed by atoms with Crippen LogP contribution in [0, 0.1) is 16.7 Å². The molecule has 2 unspecified atom stereocenters. The first-order chi connectivity index (χ1) is 34.2. The van der Waals surface area contributed by atoms with Crippen LogP contribution in [0.5, 0.6) is 0 Å². The number of ketones is 1. The van der Waals surface area contributed by atoms with Crippen LogP contribution in [0.3, 0.4) is 0 Å². The summed E-state index contributed by atoms with van der Waals surface area (Å²) in [6.45, 7) is 15.0. The number of methoxy groups -OCH3 is 1. The number of fused-ring (bicyclic) bond motifs is 5. The van der Waals surface area contributed by atoms with Gasteiger partial charge in [0, 0.05) is 44.8 Å². The van der Waals surface area contributed by atoms with Crippen LogP contribution in [0.15, 0.2) is 102 Å². The molecule has 386 valence electrons. The van der Waals surface area contributed by atoms with Gasteiger partial charge in [0.1, 0.15) is 23.9 Å². The van der Waals surface area contributed by atoms with Crippen LogP contribution < -0.4 is 0 Å². The molecule has 2 saturated heterocycles. The number of Topliss-reactive ketones (excluding diaryl/α,β-unsaturated/α-hetero) is 1. The second kappa shape index (κ2) is 20.0. The van der Waals surface area contributed by atoms with E-state index >= 15 is 9.59 Å². The van der Waals surface area contributed by atoms with Crippen molar-refractivity contribution in [2.24, 2.45) is 16.7 Å². The molecule has 4 fully saturated rings. The van der Waals surface area contributed by atoms with Crippen molar-refractivity contribution in [3.05, 3.63) is 119 Å². The Hall–Kier alpha value is -5.56. The van der Waals surface area contributed by atoms with Gasteiger partial charge in [0.05, 0.1) is 35.6 Å². The molecule has 2 heterocycles. The number of esters is 4. The average molecular weight is 1010 g/mol. The van der Waals surface area contributed by atoms with Crippen LogP contribution in [0.4, 0.5) is 0 Å². The molecule has 16 nitrogen and oxygen atoms in total. The van der Waals surface area contributed by atoms with Crippen LogP contribution in [-0.4, -0.2) is 122 Å². The number of ether oxygens (including phenoxy) is 7. The normalized spacial score (nSPS) is 32.7. The lowest BCUT2D eigenvalue weighted by Crippen LogP contribution is -2.82. The molecule has 8 rings (SSSR count). The summed E-state index contributed by atoms with van der Waals surface area (Å²) in [6.07, 6.45) is -9.94. The zero-order valence-corrected chi connectivity index (χ0v) is 43.7. The smallest absolute Gasteiger partial charge is 0.338 e. The van der Waals surface area contributed by atoms with Crippen molar-refractivity contribution in [1.82, 2.24) is 4.90 Å². The van der Waals surface area contributed by atoms with Gasteiger partial charge < -0.3 is 42.7 Å². The number of rotatable bonds is 14. The van der Waals surface area contributed by atoms with E-state index in [1.54, 1.807) is 119 Å². The summed E-state index contributed by atoms with van der Waals surface area (Å²) >= 11 is 0. The number of benzene rings is 3. The fourth-order valence-corrected chi connectivity index (χ4v) is 15.5. The van der Waals surface area contributed by atoms with Gasteiger partial charge in [-0.05, 0) is 73.0 Å². The number of hydrogen-bond donors (Lipinski definition) is 1. The van der Waals surface area contributed by atoms with Crippen LogP contribution in [0.1, 0.15) is 107 Å². The molecule has 72 heavy (non-hydrogen) atoms. The fraction of sp³-hybridized carbons (Fsp3) is 0.527. The summed E-state index contributed by atoms with van der Waals surface area (Å²) in [4.78, 5) is 89.1. The summed E-state index contributed by atoms with van der Waals surface area (Å²) < 4.78 is 51.5. The molecule has 1 amide bonds. The molecule has 0 radical (unpaired) electrons. The van der Waals surface area contributed by atoms with Crippen LogP contribution >= 0.6 is 0 Å². The first-order valence-electron chi connectivity index (χ1n) is 24.9. The summed E-state index contributed by atoms with van der Waals surface area (Å²) in [5, 5.41) is 14.3. The molecule has 3 aliphatic carbocycles. The van der Waals surface area contributed by atoms with E-state index in [1.807, 2.05) is 0 Å². The molecule has 0 spiro atoms. The number of aliphatic hydroxyl groups is 1. The van der Waals surface area contributed by atoms with Gasteiger partial charge in [-0.15, -0.1) is 0 Å². The molecule has 3 aromatic carbocycles. The van der Waals surface area contributed by atoms with E-state index < -0.39 is 127 Å². The Labute approximate surface area is 421 Å². The highest BCUT2D eigenvalue weighted by Gasteiger charge is 2.79. The minimum absolute atomic E-state index is 0.0865. The monoisotopic (exact) mass is 1010 g/mol. The zero-order valence-electron chi connectivity index (χ0n) is 42.7. The van der Waals surface area contributed by atoms with Gasteiger partial charge in [-0.3, -0.25) is 24.1 Å². The lowest BCUT2D eigenvalue weighted by atomic mass is 9.44. The molecule has 0 aromatic heterocycles. The van der Waals surface area contributed by atoms with Gasteiger partial charge in [-0.2, -0.15) is 0 Å². The molecule has 2 saturated carbocycles. The first-order valence-corrected chi connectivity index (χ1v) is 27.4. The Morgan fingerprint density at radius 1 is 0.806 bits per heavy atom. The third-order valence-electron chi connectivity index (χ3n) is 16.6. The van der Waals surface area contributed by atoms with Gasteiger partial charge in [0.25, 0.3) is 5.91 Å². The lowest BCUT2D eigenvalue weighted by Gasteiger charge is -2.68. The van der Waals surface area contributed by atoms with Crippen LogP contribution in [0.2, 0.25) is 18.1 Å². The van der Waals surface area contributed by atoms with Crippen LogP contribution in [-0.2, 0) is 56.8 Å². The average Bonchev–Trinajstić information content (AvgIpc) is 3.76. The number of carbonyl (C=O) groups excluding carboxylic acids is 6. The number of amides is 1. The Morgan fingerprint density at radius 3 is 1.92 bits per heavy atom. The molecule has 12 atom stereocenters. The molecule has 5 aliphatic rings. The molecular weight excluding hydrogens is 943 g/mol. The SMILES string of the molecule is CC[Si](CC)(CC)O[C@H]1C[C@H]2OC[C@@]2(OC(C)=O)[C@H]2[C@H](OC(=O)c3ccccc3)[C@]3(O)C[C@H](OC(=O)[C@@H]4OC(OC)N(C(=O)c5ccccc5)C4c4ccccc4)C(C)=C([C@@H](OC(C)=O)C(=O)[C@]12C)C3(C)C. The van der Waals surface area contributed by atoms with Crippen molar-refractivity contribution < 1.29 is 71.5 Å². The Kier molecular flexibility index (Phi) is 14.7. The molecular formula is C55H67NO15Si. The quantitative estimate of drug-likeness (QED) is 0.0722. The largest absolute Gasteiger partial charge is 0.456 e. The number of carbonyl (C=O) groups is 6. The van der Waals surface area contributed by atoms with E-state index in [-0.39, 0.29) is 29.7 Å². The molecule has 17 heteroatoms. The second-order valence-electron chi connectivity index (χ2n) is 20.5. The van der Waals surface area contributed by atoms with Crippen molar-refractivity contribution in [3.63, 3.8) is 0 Å². The van der Waals surface area contributed by atoms with Crippen LogP contribution in [0.25, 0.3) is 0 Å². The number of hydrogen-bond acceptors (Lipinski definition) is 15. The van der Waals surface area contributed by atoms with E-state index in [0.29, 0.717) is 29.3 Å². The fourth-order valence-electron chi connectivity index (χ4n) is 12.5. The Morgan fingerprint density at radius 2 is 1.39 bits per heavy atom. The van der Waals surface area contributed by atoms with Gasteiger partial charge in [-0.1, -0.05) is 101 Å². The lowest BCUT2D eigenvalue weighted by molar-refractivity contribution is -0.344. The maximum Gasteiger partial charge on any atom is 0.338 e. The summed E-state index contributed by atoms with van der Waals surface area (Å²) in [5.74, 6) is -5.87. The van der Waals surface area contributed by atoms with Gasteiger partial charge in [0.15, 0.2) is 31.9 Å². The van der Waals surface area contributed by atoms with E-state index in [1.165, 1.54) is 25.9 Å². The maximum absolute atomic E-state index is 16.5.